The Bertz CT molecular complexity index is 1440. The average Bonchev–Trinajstić information content (AvgIpc) is 3.77. The predicted molar refractivity (Wildman–Crippen MR) is 215 cm³/mol. The number of carboxylic acids is 1. The quantitative estimate of drug-likeness (QED) is 0.0614. The summed E-state index contributed by atoms with van der Waals surface area (Å²) in [4.78, 5) is 29.3. The van der Waals surface area contributed by atoms with Gasteiger partial charge in [-0.2, -0.15) is 0 Å². The van der Waals surface area contributed by atoms with Gasteiger partial charge in [0.2, 0.25) is 5.91 Å². The fraction of sp³-hybridized carbons (Fsp3) is 0.614. The Morgan fingerprint density at radius 3 is 1.98 bits per heavy atom. The molecule has 2 aromatic carbocycles. The molecule has 0 aliphatic carbocycles. The van der Waals surface area contributed by atoms with Gasteiger partial charge in [-0.05, 0) is 56.7 Å². The SMILES string of the molecule is CCCCCCCC1(CCCCCCC=C[C@H](C(=O)N2C(=S)OC(c3ccccc3)(c3ccccc3)C2C(C)C)[C@@](O)(CCCOC)C(=O)O)OCCO1. The van der Waals surface area contributed by atoms with Gasteiger partial charge in [-0.3, -0.25) is 9.69 Å². The maximum atomic E-state index is 14.9. The number of nitrogens with zero attached hydrogens (tertiary/aromatic N) is 1. The molecule has 2 heterocycles. The van der Waals surface area contributed by atoms with Crippen LogP contribution in [-0.2, 0) is 34.1 Å². The standard InChI is InChI=1S/C44H63NO8S/c1-5-6-7-11-20-28-42(51-32-33-52-42)29-21-12-9-8-10-19-27-37(43(49,40(47)48)30-22-31-50-4)39(46)45-38(34(2)3)44(53-41(45)54,35-23-15-13-16-24-35)36-25-17-14-18-26-36/h13-19,23-27,34,37-38,49H,5-12,20-22,28-33H2,1-4H3,(H,47,48)/t37-,38?,43+/m1/s1. The van der Waals surface area contributed by atoms with Crippen molar-refractivity contribution in [1.82, 2.24) is 4.90 Å². The van der Waals surface area contributed by atoms with Crippen molar-refractivity contribution in [3.8, 4) is 0 Å². The lowest BCUT2D eigenvalue weighted by Gasteiger charge is -2.39. The number of allylic oxidation sites excluding steroid dienone is 1. The van der Waals surface area contributed by atoms with Gasteiger partial charge in [0.1, 0.15) is 0 Å². The smallest absolute Gasteiger partial charge is 0.336 e. The van der Waals surface area contributed by atoms with Crippen molar-refractivity contribution >= 4 is 29.3 Å². The van der Waals surface area contributed by atoms with Crippen LogP contribution in [0, 0.1) is 11.8 Å². The second-order valence-electron chi connectivity index (χ2n) is 15.2. The normalized spacial score (nSPS) is 19.6. The highest BCUT2D eigenvalue weighted by Crippen LogP contribution is 2.48. The molecule has 0 aromatic heterocycles. The minimum Gasteiger partial charge on any atom is -0.479 e. The molecule has 1 unspecified atom stereocenters. The minimum absolute atomic E-state index is 0.0524. The summed E-state index contributed by atoms with van der Waals surface area (Å²) in [6.45, 7) is 7.76. The van der Waals surface area contributed by atoms with Crippen LogP contribution >= 0.6 is 12.2 Å². The molecule has 54 heavy (non-hydrogen) atoms. The number of aliphatic hydroxyl groups is 1. The zero-order valence-electron chi connectivity index (χ0n) is 32.9. The van der Waals surface area contributed by atoms with Crippen LogP contribution in [0.4, 0.5) is 0 Å². The number of unbranched alkanes of at least 4 members (excludes halogenated alkanes) is 8. The number of ether oxygens (including phenoxy) is 4. The molecule has 4 rings (SSSR count). The van der Waals surface area contributed by atoms with Crippen molar-refractivity contribution in [3.05, 3.63) is 83.9 Å². The second kappa shape index (κ2) is 21.2. The number of carboxylic acid groups (broad SMARTS) is 1. The van der Waals surface area contributed by atoms with E-state index in [0.717, 1.165) is 56.1 Å². The first-order valence-corrected chi connectivity index (χ1v) is 20.5. The average molecular weight is 766 g/mol. The Balaban J connectivity index is 1.52. The van der Waals surface area contributed by atoms with E-state index in [2.05, 4.69) is 6.92 Å². The van der Waals surface area contributed by atoms with E-state index < -0.39 is 40.8 Å². The highest BCUT2D eigenvalue weighted by Gasteiger charge is 2.60. The Morgan fingerprint density at radius 2 is 1.46 bits per heavy atom. The largest absolute Gasteiger partial charge is 0.479 e. The van der Waals surface area contributed by atoms with E-state index in [1.807, 2.05) is 80.6 Å². The summed E-state index contributed by atoms with van der Waals surface area (Å²) < 4.78 is 24.0. The molecule has 10 heteroatoms. The number of carbonyl (C=O) groups is 2. The third kappa shape index (κ3) is 10.6. The number of carbonyl (C=O) groups excluding carboxylic acids is 1. The minimum atomic E-state index is -2.40. The first kappa shape index (κ1) is 43.6. The van der Waals surface area contributed by atoms with Gasteiger partial charge < -0.3 is 29.2 Å². The molecule has 0 spiro atoms. The number of hydrogen-bond acceptors (Lipinski definition) is 8. The summed E-state index contributed by atoms with van der Waals surface area (Å²) in [7, 11) is 1.52. The molecule has 0 bridgehead atoms. The molecule has 2 saturated heterocycles. The monoisotopic (exact) mass is 765 g/mol. The first-order valence-electron chi connectivity index (χ1n) is 20.1. The molecule has 2 aliphatic rings. The van der Waals surface area contributed by atoms with Crippen LogP contribution in [-0.4, -0.2) is 76.5 Å². The molecule has 1 amide bonds. The van der Waals surface area contributed by atoms with E-state index in [0.29, 0.717) is 19.6 Å². The van der Waals surface area contributed by atoms with E-state index in [1.165, 1.54) is 37.7 Å². The summed E-state index contributed by atoms with van der Waals surface area (Å²) in [6.07, 6.45) is 15.8. The second-order valence-corrected chi connectivity index (χ2v) is 15.5. The zero-order chi connectivity index (χ0) is 39.0. The fourth-order valence-corrected chi connectivity index (χ4v) is 8.50. The topological polar surface area (TPSA) is 115 Å². The summed E-state index contributed by atoms with van der Waals surface area (Å²) in [5.74, 6) is -4.13. The van der Waals surface area contributed by atoms with Gasteiger partial charge in [0.05, 0.1) is 25.2 Å². The maximum Gasteiger partial charge on any atom is 0.336 e. The summed E-state index contributed by atoms with van der Waals surface area (Å²) >= 11 is 5.85. The number of benzene rings is 2. The molecule has 298 valence electrons. The molecule has 0 radical (unpaired) electrons. The van der Waals surface area contributed by atoms with Crippen LogP contribution in [0.25, 0.3) is 0 Å². The van der Waals surface area contributed by atoms with Crippen molar-refractivity contribution in [2.45, 2.75) is 134 Å². The summed E-state index contributed by atoms with van der Waals surface area (Å²) in [5.41, 5.74) is -1.92. The molecular formula is C44H63NO8S. The van der Waals surface area contributed by atoms with Crippen molar-refractivity contribution in [1.29, 1.82) is 0 Å². The Labute approximate surface area is 328 Å². The van der Waals surface area contributed by atoms with Gasteiger partial charge >= 0.3 is 5.97 Å². The van der Waals surface area contributed by atoms with Crippen molar-refractivity contribution < 1.29 is 38.7 Å². The Kier molecular flexibility index (Phi) is 17.1. The van der Waals surface area contributed by atoms with Gasteiger partial charge in [-0.25, -0.2) is 4.79 Å². The number of methoxy groups -OCH3 is 1. The van der Waals surface area contributed by atoms with Gasteiger partial charge in [-0.1, -0.05) is 132 Å². The lowest BCUT2D eigenvalue weighted by molar-refractivity contribution is -0.169. The third-order valence-electron chi connectivity index (χ3n) is 11.0. The van der Waals surface area contributed by atoms with Crippen LogP contribution in [0.15, 0.2) is 72.8 Å². The lowest BCUT2D eigenvalue weighted by atomic mass is 9.75. The number of amides is 1. The van der Waals surface area contributed by atoms with E-state index in [4.69, 9.17) is 31.2 Å². The van der Waals surface area contributed by atoms with Crippen LogP contribution in [0.3, 0.4) is 0 Å². The van der Waals surface area contributed by atoms with Gasteiger partial charge in [0, 0.05) is 37.7 Å². The van der Waals surface area contributed by atoms with E-state index >= 15 is 0 Å². The van der Waals surface area contributed by atoms with E-state index in [1.54, 1.807) is 6.08 Å². The third-order valence-corrected chi connectivity index (χ3v) is 11.2. The van der Waals surface area contributed by atoms with Gasteiger partial charge in [-0.15, -0.1) is 0 Å². The molecule has 9 nitrogen and oxygen atoms in total. The summed E-state index contributed by atoms with van der Waals surface area (Å²) in [5, 5.41) is 22.4. The van der Waals surface area contributed by atoms with Crippen LogP contribution in [0.5, 0.6) is 0 Å². The molecule has 2 aliphatic heterocycles. The van der Waals surface area contributed by atoms with Crippen molar-refractivity contribution in [2.24, 2.45) is 11.8 Å². The fourth-order valence-electron chi connectivity index (χ4n) is 8.16. The highest BCUT2D eigenvalue weighted by molar-refractivity contribution is 7.80. The number of rotatable bonds is 24. The number of aliphatic carboxylic acids is 1. The van der Waals surface area contributed by atoms with Crippen molar-refractivity contribution in [3.63, 3.8) is 0 Å². The molecule has 2 N–H and O–H groups in total. The van der Waals surface area contributed by atoms with Crippen molar-refractivity contribution in [2.75, 3.05) is 26.9 Å². The highest BCUT2D eigenvalue weighted by atomic mass is 32.1. The predicted octanol–water partition coefficient (Wildman–Crippen LogP) is 8.96. The number of hydrogen-bond donors (Lipinski definition) is 2. The molecular weight excluding hydrogens is 703 g/mol. The van der Waals surface area contributed by atoms with E-state index in [9.17, 15) is 19.8 Å². The summed E-state index contributed by atoms with van der Waals surface area (Å²) in [6, 6.07) is 18.7. The molecule has 2 aromatic rings. The lowest BCUT2D eigenvalue weighted by Crippen LogP contribution is -2.56. The number of thiocarbonyl (C=S) groups is 1. The van der Waals surface area contributed by atoms with Crippen LogP contribution < -0.4 is 0 Å². The van der Waals surface area contributed by atoms with Crippen LogP contribution in [0.1, 0.15) is 122 Å². The zero-order valence-corrected chi connectivity index (χ0v) is 33.7. The molecule has 0 saturated carbocycles. The first-order chi connectivity index (χ1) is 26.1. The molecule has 3 atom stereocenters. The van der Waals surface area contributed by atoms with Gasteiger partial charge in [0.25, 0.3) is 5.17 Å². The van der Waals surface area contributed by atoms with Crippen LogP contribution in [0.2, 0.25) is 0 Å². The van der Waals surface area contributed by atoms with Gasteiger partial charge in [0.15, 0.2) is 17.0 Å². The van der Waals surface area contributed by atoms with E-state index in [-0.39, 0.29) is 30.5 Å². The Hall–Kier alpha value is -3.15. The Morgan fingerprint density at radius 1 is 0.907 bits per heavy atom. The maximum absolute atomic E-state index is 14.9. The molecule has 2 fully saturated rings.